The zero-order chi connectivity index (χ0) is 18.2. The molecule has 138 valence electrons. The Morgan fingerprint density at radius 2 is 1.77 bits per heavy atom. The van der Waals surface area contributed by atoms with Crippen LogP contribution in [0.1, 0.15) is 36.9 Å². The van der Waals surface area contributed by atoms with Crippen molar-refractivity contribution in [1.82, 2.24) is 10.2 Å². The minimum absolute atomic E-state index is 0.0471. The predicted molar refractivity (Wildman–Crippen MR) is 104 cm³/mol. The number of nitrogens with zero attached hydrogens (tertiary/aromatic N) is 1. The van der Waals surface area contributed by atoms with Crippen LogP contribution >= 0.6 is 0 Å². The number of hydrogen-bond acceptors (Lipinski definition) is 3. The summed E-state index contributed by atoms with van der Waals surface area (Å²) < 4.78 is 5.54. The standard InChI is InChI=1S/C22H28N2O2/c1-2-18-10-12-19(13-11-18)21(24-14-6-7-15-24)16-23-22(25)17-26-20-8-4-3-5-9-20/h3-5,8-13,21H,2,6-7,14-17H2,1H3,(H,23,25). The van der Waals surface area contributed by atoms with Crippen LogP contribution in [0.5, 0.6) is 5.75 Å². The average molecular weight is 352 g/mol. The van der Waals surface area contributed by atoms with E-state index in [1.807, 2.05) is 30.3 Å². The van der Waals surface area contributed by atoms with Gasteiger partial charge >= 0.3 is 0 Å². The molecular formula is C22H28N2O2. The number of carbonyl (C=O) groups is 1. The Kier molecular flexibility index (Phi) is 6.67. The zero-order valence-corrected chi connectivity index (χ0v) is 15.5. The molecule has 1 fully saturated rings. The Bertz CT molecular complexity index is 679. The topological polar surface area (TPSA) is 41.6 Å². The first-order chi connectivity index (χ1) is 12.8. The first kappa shape index (κ1) is 18.5. The molecule has 1 amide bonds. The fourth-order valence-corrected chi connectivity index (χ4v) is 3.41. The normalized spacial score (nSPS) is 15.6. The number of rotatable bonds is 8. The van der Waals surface area contributed by atoms with Crippen molar-refractivity contribution < 1.29 is 9.53 Å². The third-order valence-electron chi connectivity index (χ3n) is 4.96. The van der Waals surface area contributed by atoms with Gasteiger partial charge in [-0.15, -0.1) is 0 Å². The van der Waals surface area contributed by atoms with Crippen molar-refractivity contribution in [3.8, 4) is 5.75 Å². The number of benzene rings is 2. The van der Waals surface area contributed by atoms with E-state index in [2.05, 4.69) is 41.4 Å². The van der Waals surface area contributed by atoms with Gasteiger partial charge in [0.15, 0.2) is 6.61 Å². The molecule has 2 aromatic rings. The maximum Gasteiger partial charge on any atom is 0.258 e. The first-order valence-electron chi connectivity index (χ1n) is 9.53. The third kappa shape index (κ3) is 5.09. The minimum atomic E-state index is -0.0803. The van der Waals surface area contributed by atoms with Crippen molar-refractivity contribution in [3.05, 3.63) is 65.7 Å². The van der Waals surface area contributed by atoms with Crippen LogP contribution in [0.25, 0.3) is 0 Å². The van der Waals surface area contributed by atoms with E-state index in [0.29, 0.717) is 12.3 Å². The van der Waals surface area contributed by atoms with Crippen LogP contribution in [0.2, 0.25) is 0 Å². The largest absolute Gasteiger partial charge is 0.484 e. The molecule has 0 saturated carbocycles. The number of aryl methyl sites for hydroxylation is 1. The quantitative estimate of drug-likeness (QED) is 0.789. The summed E-state index contributed by atoms with van der Waals surface area (Å²) in [5.41, 5.74) is 2.61. The summed E-state index contributed by atoms with van der Waals surface area (Å²) in [7, 11) is 0. The maximum atomic E-state index is 12.2. The van der Waals surface area contributed by atoms with E-state index in [1.54, 1.807) is 0 Å². The summed E-state index contributed by atoms with van der Waals surface area (Å²) in [6.07, 6.45) is 3.51. The zero-order valence-electron chi connectivity index (χ0n) is 15.5. The molecule has 1 unspecified atom stereocenters. The molecule has 1 N–H and O–H groups in total. The lowest BCUT2D eigenvalue weighted by Gasteiger charge is -2.28. The second-order valence-corrected chi connectivity index (χ2v) is 6.76. The molecule has 0 aromatic heterocycles. The van der Waals surface area contributed by atoms with E-state index in [1.165, 1.54) is 24.0 Å². The Labute approximate surface area is 156 Å². The fourth-order valence-electron chi connectivity index (χ4n) is 3.41. The summed E-state index contributed by atoms with van der Waals surface area (Å²) >= 11 is 0. The van der Waals surface area contributed by atoms with Gasteiger partial charge in [0.25, 0.3) is 5.91 Å². The Morgan fingerprint density at radius 3 is 2.42 bits per heavy atom. The Hall–Kier alpha value is -2.33. The van der Waals surface area contributed by atoms with Gasteiger partial charge in [0.1, 0.15) is 5.75 Å². The lowest BCUT2D eigenvalue weighted by molar-refractivity contribution is -0.123. The van der Waals surface area contributed by atoms with Crippen LogP contribution in [-0.4, -0.2) is 37.0 Å². The van der Waals surface area contributed by atoms with Gasteiger partial charge in [0.05, 0.1) is 6.04 Å². The second-order valence-electron chi connectivity index (χ2n) is 6.76. The lowest BCUT2D eigenvalue weighted by Crippen LogP contribution is -2.38. The molecule has 0 spiro atoms. The van der Waals surface area contributed by atoms with E-state index in [9.17, 15) is 4.79 Å². The van der Waals surface area contributed by atoms with Crippen molar-refractivity contribution in [2.45, 2.75) is 32.2 Å². The Morgan fingerprint density at radius 1 is 1.08 bits per heavy atom. The van der Waals surface area contributed by atoms with E-state index >= 15 is 0 Å². The SMILES string of the molecule is CCc1ccc(C(CNC(=O)COc2ccccc2)N2CCCC2)cc1. The van der Waals surface area contributed by atoms with Crippen LogP contribution in [-0.2, 0) is 11.2 Å². The number of likely N-dealkylation sites (tertiary alicyclic amines) is 1. The number of ether oxygens (including phenoxy) is 1. The van der Waals surface area contributed by atoms with Crippen LogP contribution in [0.3, 0.4) is 0 Å². The summed E-state index contributed by atoms with van der Waals surface area (Å²) in [6, 6.07) is 18.5. The van der Waals surface area contributed by atoms with E-state index in [0.717, 1.165) is 19.5 Å². The molecule has 0 aliphatic carbocycles. The summed E-state index contributed by atoms with van der Waals surface area (Å²) in [6.45, 7) is 5.01. The number of nitrogens with one attached hydrogen (secondary N) is 1. The molecular weight excluding hydrogens is 324 g/mol. The predicted octanol–water partition coefficient (Wildman–Crippen LogP) is 3.58. The number of para-hydroxylation sites is 1. The lowest BCUT2D eigenvalue weighted by atomic mass is 10.0. The van der Waals surface area contributed by atoms with Gasteiger partial charge in [-0.05, 0) is 55.6 Å². The fraction of sp³-hybridized carbons (Fsp3) is 0.409. The van der Waals surface area contributed by atoms with E-state index in [4.69, 9.17) is 4.74 Å². The second kappa shape index (κ2) is 9.39. The Balaban J connectivity index is 1.57. The monoisotopic (exact) mass is 352 g/mol. The van der Waals surface area contributed by atoms with Gasteiger partial charge in [-0.3, -0.25) is 9.69 Å². The molecule has 26 heavy (non-hydrogen) atoms. The molecule has 1 heterocycles. The van der Waals surface area contributed by atoms with Gasteiger partial charge in [-0.25, -0.2) is 0 Å². The summed E-state index contributed by atoms with van der Waals surface area (Å²) in [4.78, 5) is 14.7. The highest BCUT2D eigenvalue weighted by Gasteiger charge is 2.24. The van der Waals surface area contributed by atoms with Crippen molar-refractivity contribution in [2.24, 2.45) is 0 Å². The average Bonchev–Trinajstić information content (AvgIpc) is 3.22. The molecule has 3 rings (SSSR count). The van der Waals surface area contributed by atoms with Crippen molar-refractivity contribution in [2.75, 3.05) is 26.2 Å². The van der Waals surface area contributed by atoms with Crippen LogP contribution < -0.4 is 10.1 Å². The molecule has 1 atom stereocenters. The van der Waals surface area contributed by atoms with Gasteiger partial charge in [-0.2, -0.15) is 0 Å². The molecule has 4 nitrogen and oxygen atoms in total. The smallest absolute Gasteiger partial charge is 0.258 e. The number of carbonyl (C=O) groups excluding carboxylic acids is 1. The minimum Gasteiger partial charge on any atom is -0.484 e. The van der Waals surface area contributed by atoms with Crippen LogP contribution in [0.15, 0.2) is 54.6 Å². The summed E-state index contributed by atoms with van der Waals surface area (Å²) in [5.74, 6) is 0.636. The molecule has 1 aliphatic rings. The van der Waals surface area contributed by atoms with Gasteiger partial charge < -0.3 is 10.1 Å². The molecule has 1 aliphatic heterocycles. The summed E-state index contributed by atoms with van der Waals surface area (Å²) in [5, 5.41) is 3.05. The highest BCUT2D eigenvalue weighted by atomic mass is 16.5. The molecule has 1 saturated heterocycles. The van der Waals surface area contributed by atoms with Crippen molar-refractivity contribution >= 4 is 5.91 Å². The van der Waals surface area contributed by atoms with E-state index in [-0.39, 0.29) is 18.6 Å². The highest BCUT2D eigenvalue weighted by molar-refractivity contribution is 5.77. The van der Waals surface area contributed by atoms with Crippen LogP contribution in [0, 0.1) is 0 Å². The van der Waals surface area contributed by atoms with Gasteiger partial charge in [-0.1, -0.05) is 49.4 Å². The highest BCUT2D eigenvalue weighted by Crippen LogP contribution is 2.25. The van der Waals surface area contributed by atoms with Gasteiger partial charge in [0.2, 0.25) is 0 Å². The molecule has 0 radical (unpaired) electrons. The molecule has 2 aromatic carbocycles. The maximum absolute atomic E-state index is 12.2. The van der Waals surface area contributed by atoms with Crippen molar-refractivity contribution in [1.29, 1.82) is 0 Å². The molecule has 0 bridgehead atoms. The first-order valence-corrected chi connectivity index (χ1v) is 9.53. The number of amides is 1. The third-order valence-corrected chi connectivity index (χ3v) is 4.96. The number of hydrogen-bond donors (Lipinski definition) is 1. The van der Waals surface area contributed by atoms with E-state index < -0.39 is 0 Å². The molecule has 4 heteroatoms. The van der Waals surface area contributed by atoms with Crippen LogP contribution in [0.4, 0.5) is 0 Å². The van der Waals surface area contributed by atoms with Gasteiger partial charge in [0, 0.05) is 6.54 Å². The van der Waals surface area contributed by atoms with Crippen molar-refractivity contribution in [3.63, 3.8) is 0 Å².